The standard InChI is InChI=1S/C25H16BrClFN3O2S/c26-16-3-9-19(10-4-16)30-23(32)21(14-29)25-31(20-11-7-18(28)8-12-20)24(33)22(34-25)13-15-1-5-17(27)6-2-15/h1-12,22H,13H2,(H,30,32). The Morgan fingerprint density at radius 3 is 2.35 bits per heavy atom. The summed E-state index contributed by atoms with van der Waals surface area (Å²) in [5.41, 5.74) is 1.55. The number of nitrogens with zero attached hydrogens (tertiary/aromatic N) is 2. The minimum atomic E-state index is -0.639. The van der Waals surface area contributed by atoms with E-state index in [0.29, 0.717) is 22.8 Å². The van der Waals surface area contributed by atoms with E-state index in [1.807, 2.05) is 18.2 Å². The molecule has 1 N–H and O–H groups in total. The summed E-state index contributed by atoms with van der Waals surface area (Å²) in [5, 5.41) is 12.8. The van der Waals surface area contributed by atoms with Crippen molar-refractivity contribution in [3.05, 3.63) is 104 Å². The number of hydrogen-bond donors (Lipinski definition) is 1. The van der Waals surface area contributed by atoms with Crippen LogP contribution in [0.2, 0.25) is 5.02 Å². The van der Waals surface area contributed by atoms with Gasteiger partial charge in [0.25, 0.3) is 5.91 Å². The van der Waals surface area contributed by atoms with Crippen LogP contribution in [0.25, 0.3) is 0 Å². The molecule has 34 heavy (non-hydrogen) atoms. The summed E-state index contributed by atoms with van der Waals surface area (Å²) in [6, 6.07) is 21.3. The van der Waals surface area contributed by atoms with Gasteiger partial charge in [-0.15, -0.1) is 0 Å². The van der Waals surface area contributed by atoms with Crippen LogP contribution >= 0.6 is 39.3 Å². The highest BCUT2D eigenvalue weighted by molar-refractivity contribution is 9.10. The molecule has 1 unspecified atom stereocenters. The van der Waals surface area contributed by atoms with Crippen LogP contribution in [0.15, 0.2) is 87.9 Å². The maximum Gasteiger partial charge on any atom is 0.269 e. The summed E-state index contributed by atoms with van der Waals surface area (Å²) < 4.78 is 14.4. The Bertz CT molecular complexity index is 1310. The second-order valence-corrected chi connectivity index (χ2v) is 9.88. The third-order valence-electron chi connectivity index (χ3n) is 5.03. The van der Waals surface area contributed by atoms with Crippen molar-refractivity contribution in [1.82, 2.24) is 0 Å². The van der Waals surface area contributed by atoms with Gasteiger partial charge in [-0.25, -0.2) is 4.39 Å². The number of anilines is 2. The Morgan fingerprint density at radius 2 is 1.74 bits per heavy atom. The van der Waals surface area contributed by atoms with Crippen LogP contribution in [0.1, 0.15) is 5.56 Å². The molecule has 3 aromatic rings. The molecule has 1 atom stereocenters. The predicted octanol–water partition coefficient (Wildman–Crippen LogP) is 6.31. The van der Waals surface area contributed by atoms with Gasteiger partial charge in [0.15, 0.2) is 0 Å². The van der Waals surface area contributed by atoms with Crippen LogP contribution in [0, 0.1) is 17.1 Å². The lowest BCUT2D eigenvalue weighted by molar-refractivity contribution is -0.117. The van der Waals surface area contributed by atoms with Crippen LogP contribution in [0.4, 0.5) is 15.8 Å². The summed E-state index contributed by atoms with van der Waals surface area (Å²) in [5.74, 6) is -1.40. The summed E-state index contributed by atoms with van der Waals surface area (Å²) in [6.45, 7) is 0. The second kappa shape index (κ2) is 10.4. The first-order valence-corrected chi connectivity index (χ1v) is 12.1. The van der Waals surface area contributed by atoms with Gasteiger partial charge in [0, 0.05) is 20.9 Å². The van der Waals surface area contributed by atoms with Crippen LogP contribution in [-0.2, 0) is 16.0 Å². The number of amides is 2. The lowest BCUT2D eigenvalue weighted by Gasteiger charge is -2.18. The normalized spacial score (nSPS) is 16.8. The van der Waals surface area contributed by atoms with Gasteiger partial charge in [-0.05, 0) is 72.6 Å². The van der Waals surface area contributed by atoms with Crippen LogP contribution in [0.3, 0.4) is 0 Å². The fourth-order valence-electron chi connectivity index (χ4n) is 3.37. The van der Waals surface area contributed by atoms with Crippen molar-refractivity contribution in [3.63, 3.8) is 0 Å². The summed E-state index contributed by atoms with van der Waals surface area (Å²) in [6.07, 6.45) is 0.370. The quantitative estimate of drug-likeness (QED) is 0.295. The van der Waals surface area contributed by atoms with E-state index in [1.54, 1.807) is 36.4 Å². The molecule has 1 heterocycles. The average Bonchev–Trinajstić information content (AvgIpc) is 3.13. The zero-order valence-corrected chi connectivity index (χ0v) is 20.6. The molecule has 0 spiro atoms. The highest BCUT2D eigenvalue weighted by Crippen LogP contribution is 2.42. The van der Waals surface area contributed by atoms with Gasteiger partial charge in [-0.3, -0.25) is 14.5 Å². The molecule has 1 fully saturated rings. The van der Waals surface area contributed by atoms with Gasteiger partial charge in [0.05, 0.1) is 5.25 Å². The third-order valence-corrected chi connectivity index (χ3v) is 7.07. The van der Waals surface area contributed by atoms with Crippen molar-refractivity contribution in [2.45, 2.75) is 11.7 Å². The fraction of sp³-hybridized carbons (Fsp3) is 0.0800. The number of thioether (sulfide) groups is 1. The number of hydrogen-bond acceptors (Lipinski definition) is 4. The lowest BCUT2D eigenvalue weighted by atomic mass is 10.1. The fourth-order valence-corrected chi connectivity index (χ4v) is 5.07. The number of carbonyl (C=O) groups excluding carboxylic acids is 2. The van der Waals surface area contributed by atoms with Gasteiger partial charge >= 0.3 is 0 Å². The SMILES string of the molecule is N#CC(C(=O)Nc1ccc(Br)cc1)=C1SC(Cc2ccc(Cl)cc2)C(=O)N1c1ccc(F)cc1. The molecule has 0 aromatic heterocycles. The molecule has 170 valence electrons. The third kappa shape index (κ3) is 5.33. The largest absolute Gasteiger partial charge is 0.321 e. The molecule has 9 heteroatoms. The van der Waals surface area contributed by atoms with E-state index in [9.17, 15) is 19.2 Å². The topological polar surface area (TPSA) is 73.2 Å². The van der Waals surface area contributed by atoms with Gasteiger partial charge < -0.3 is 5.32 Å². The molecular weight excluding hydrogens is 541 g/mol. The van der Waals surface area contributed by atoms with Crippen LogP contribution in [0.5, 0.6) is 0 Å². The highest BCUT2D eigenvalue weighted by atomic mass is 79.9. The average molecular weight is 557 g/mol. The Labute approximate surface area is 213 Å². The minimum absolute atomic E-state index is 0.202. The van der Waals surface area contributed by atoms with Gasteiger partial charge in [-0.1, -0.05) is 51.4 Å². The Balaban J connectivity index is 1.71. The Morgan fingerprint density at radius 1 is 1.09 bits per heavy atom. The number of benzene rings is 3. The van der Waals surface area contributed by atoms with Crippen LogP contribution < -0.4 is 10.2 Å². The maximum atomic E-state index is 13.5. The molecule has 0 bridgehead atoms. The molecule has 4 rings (SSSR count). The van der Waals surface area contributed by atoms with Crippen molar-refractivity contribution < 1.29 is 14.0 Å². The first-order chi connectivity index (χ1) is 16.4. The minimum Gasteiger partial charge on any atom is -0.321 e. The Kier molecular flexibility index (Phi) is 7.37. The second-order valence-electron chi connectivity index (χ2n) is 7.34. The van der Waals surface area contributed by atoms with E-state index < -0.39 is 17.0 Å². The predicted molar refractivity (Wildman–Crippen MR) is 136 cm³/mol. The Hall–Kier alpha value is -3.12. The van der Waals surface area contributed by atoms with Crippen molar-refractivity contribution >= 4 is 62.5 Å². The van der Waals surface area contributed by atoms with E-state index in [4.69, 9.17) is 11.6 Å². The molecule has 2 amide bonds. The van der Waals surface area contributed by atoms with E-state index in [-0.39, 0.29) is 16.5 Å². The van der Waals surface area contributed by atoms with Gasteiger partial charge in [-0.2, -0.15) is 5.26 Å². The monoisotopic (exact) mass is 555 g/mol. The van der Waals surface area contributed by atoms with Gasteiger partial charge in [0.1, 0.15) is 22.5 Å². The summed E-state index contributed by atoms with van der Waals surface area (Å²) in [7, 11) is 0. The van der Waals surface area contributed by atoms with Gasteiger partial charge in [0.2, 0.25) is 5.91 Å². The summed E-state index contributed by atoms with van der Waals surface area (Å²) >= 11 is 10.4. The van der Waals surface area contributed by atoms with Crippen molar-refractivity contribution in [1.29, 1.82) is 5.26 Å². The molecular formula is C25H16BrClFN3O2S. The van der Waals surface area contributed by atoms with Crippen molar-refractivity contribution in [3.8, 4) is 6.07 Å². The first-order valence-electron chi connectivity index (χ1n) is 10.1. The number of rotatable bonds is 5. The van der Waals surface area contributed by atoms with E-state index in [0.717, 1.165) is 21.8 Å². The molecule has 0 aliphatic carbocycles. The van der Waals surface area contributed by atoms with E-state index in [1.165, 1.54) is 29.2 Å². The smallest absolute Gasteiger partial charge is 0.269 e. The lowest BCUT2D eigenvalue weighted by Crippen LogP contribution is -2.30. The molecule has 0 radical (unpaired) electrons. The van der Waals surface area contributed by atoms with E-state index in [2.05, 4.69) is 21.2 Å². The molecule has 1 aliphatic rings. The molecule has 0 saturated carbocycles. The number of nitriles is 1. The number of nitrogens with one attached hydrogen (secondary N) is 1. The van der Waals surface area contributed by atoms with Crippen molar-refractivity contribution in [2.75, 3.05) is 10.2 Å². The molecule has 1 saturated heterocycles. The molecule has 5 nitrogen and oxygen atoms in total. The zero-order chi connectivity index (χ0) is 24.2. The number of halogens is 3. The first kappa shape index (κ1) is 24.0. The van der Waals surface area contributed by atoms with E-state index >= 15 is 0 Å². The van der Waals surface area contributed by atoms with Crippen molar-refractivity contribution in [2.24, 2.45) is 0 Å². The maximum absolute atomic E-state index is 13.5. The molecule has 1 aliphatic heterocycles. The molecule has 3 aromatic carbocycles. The van der Waals surface area contributed by atoms with Crippen LogP contribution in [-0.4, -0.2) is 17.1 Å². The number of carbonyl (C=O) groups is 2. The zero-order valence-electron chi connectivity index (χ0n) is 17.5. The summed E-state index contributed by atoms with van der Waals surface area (Å²) in [4.78, 5) is 27.8. The highest BCUT2D eigenvalue weighted by Gasteiger charge is 2.40.